The van der Waals surface area contributed by atoms with Crippen LogP contribution in [0.25, 0.3) is 49.1 Å². The van der Waals surface area contributed by atoms with Gasteiger partial charge in [-0.25, -0.2) is 4.99 Å². The number of aliphatic imine (C=N–C) groups is 1. The van der Waals surface area contributed by atoms with Crippen molar-refractivity contribution in [1.82, 2.24) is 5.32 Å². The number of thiophene rings is 1. The number of hydrogen-bond acceptors (Lipinski definition) is 6. The Labute approximate surface area is 303 Å². The second kappa shape index (κ2) is 11.6. The fraction of sp³-hybridized carbons (Fsp3) is 0.0652. The highest BCUT2D eigenvalue weighted by Gasteiger charge is 2.32. The van der Waals surface area contributed by atoms with E-state index in [0.717, 1.165) is 85.5 Å². The van der Waals surface area contributed by atoms with Crippen LogP contribution < -0.4 is 10.2 Å². The Balaban J connectivity index is 1.15. The molecule has 6 aromatic carbocycles. The molecule has 1 aliphatic heterocycles. The number of allylic oxidation sites excluding steroid dienone is 1. The summed E-state index contributed by atoms with van der Waals surface area (Å²) in [6, 6.07) is 50.6. The number of hydrogen-bond donors (Lipinski definition) is 1. The Morgan fingerprint density at radius 1 is 0.654 bits per heavy atom. The van der Waals surface area contributed by atoms with E-state index in [-0.39, 0.29) is 6.04 Å². The number of furan rings is 2. The van der Waals surface area contributed by atoms with E-state index in [1.54, 1.807) is 0 Å². The zero-order chi connectivity index (χ0) is 34.2. The summed E-state index contributed by atoms with van der Waals surface area (Å²) >= 11 is 1.91. The molecule has 9 aromatic rings. The molecule has 4 heterocycles. The van der Waals surface area contributed by atoms with E-state index in [4.69, 9.17) is 13.8 Å². The van der Waals surface area contributed by atoms with E-state index in [1.807, 2.05) is 41.7 Å². The number of fused-ring (bicyclic) bond motifs is 9. The van der Waals surface area contributed by atoms with Crippen LogP contribution in [0.3, 0.4) is 0 Å². The molecular formula is C46H31N3O2S. The predicted molar refractivity (Wildman–Crippen MR) is 214 cm³/mol. The number of para-hydroxylation sites is 3. The van der Waals surface area contributed by atoms with E-state index >= 15 is 0 Å². The van der Waals surface area contributed by atoms with E-state index < -0.39 is 0 Å². The first-order valence-corrected chi connectivity index (χ1v) is 18.5. The number of rotatable bonds is 5. The van der Waals surface area contributed by atoms with Crippen molar-refractivity contribution in [1.29, 1.82) is 0 Å². The van der Waals surface area contributed by atoms with Gasteiger partial charge < -0.3 is 19.1 Å². The molecule has 248 valence electrons. The lowest BCUT2D eigenvalue weighted by atomic mass is 9.97. The minimum absolute atomic E-state index is 0.216. The number of aryl methyl sites for hydroxylation is 1. The van der Waals surface area contributed by atoms with Crippen molar-refractivity contribution in [3.05, 3.63) is 179 Å². The van der Waals surface area contributed by atoms with Crippen LogP contribution in [0.15, 0.2) is 165 Å². The van der Waals surface area contributed by atoms with Crippen LogP contribution in [0.2, 0.25) is 0 Å². The highest BCUT2D eigenvalue weighted by molar-refractivity contribution is 7.19. The Morgan fingerprint density at radius 2 is 1.35 bits per heavy atom. The van der Waals surface area contributed by atoms with Gasteiger partial charge in [0.15, 0.2) is 11.3 Å². The zero-order valence-corrected chi connectivity index (χ0v) is 28.9. The zero-order valence-electron chi connectivity index (χ0n) is 28.0. The first-order valence-electron chi connectivity index (χ1n) is 17.7. The fourth-order valence-electron chi connectivity index (χ4n) is 8.07. The van der Waals surface area contributed by atoms with Gasteiger partial charge in [-0.3, -0.25) is 0 Å². The number of benzene rings is 6. The lowest BCUT2D eigenvalue weighted by Gasteiger charge is -2.30. The summed E-state index contributed by atoms with van der Waals surface area (Å²) < 4.78 is 14.7. The van der Waals surface area contributed by atoms with Crippen molar-refractivity contribution in [2.45, 2.75) is 18.9 Å². The maximum Gasteiger partial charge on any atom is 0.160 e. The van der Waals surface area contributed by atoms with Crippen LogP contribution in [0, 0.1) is 0 Å². The molecule has 52 heavy (non-hydrogen) atoms. The van der Waals surface area contributed by atoms with E-state index in [2.05, 4.69) is 132 Å². The molecule has 1 N–H and O–H groups in total. The first kappa shape index (κ1) is 29.4. The average Bonchev–Trinajstić information content (AvgIpc) is 3.90. The minimum atomic E-state index is -0.216. The summed E-state index contributed by atoms with van der Waals surface area (Å²) in [4.78, 5) is 9.18. The molecular weight excluding hydrogens is 659 g/mol. The molecule has 1 atom stereocenters. The normalized spacial score (nSPS) is 15.3. The molecule has 5 nitrogen and oxygen atoms in total. The lowest BCUT2D eigenvalue weighted by molar-refractivity contribution is 0.504. The minimum Gasteiger partial charge on any atom is -0.456 e. The summed E-state index contributed by atoms with van der Waals surface area (Å²) in [6.45, 7) is 0. The smallest absolute Gasteiger partial charge is 0.160 e. The van der Waals surface area contributed by atoms with Crippen LogP contribution in [0.4, 0.5) is 17.1 Å². The van der Waals surface area contributed by atoms with Gasteiger partial charge in [-0.05, 0) is 78.6 Å². The number of nitrogens with one attached hydrogen (secondary N) is 1. The first-order chi connectivity index (χ1) is 25.8. The van der Waals surface area contributed by atoms with Crippen LogP contribution >= 0.6 is 11.3 Å². The number of anilines is 2. The molecule has 11 rings (SSSR count). The van der Waals surface area contributed by atoms with Crippen molar-refractivity contribution in [2.75, 3.05) is 4.90 Å². The molecule has 0 saturated heterocycles. The quantitative estimate of drug-likeness (QED) is 0.195. The Kier molecular flexibility index (Phi) is 6.54. The summed E-state index contributed by atoms with van der Waals surface area (Å²) in [5.41, 5.74) is 10.1. The molecule has 0 amide bonds. The van der Waals surface area contributed by atoms with Crippen molar-refractivity contribution >= 4 is 83.3 Å². The molecule has 0 saturated carbocycles. The van der Waals surface area contributed by atoms with Crippen molar-refractivity contribution in [3.63, 3.8) is 0 Å². The number of amidine groups is 1. The van der Waals surface area contributed by atoms with E-state index in [0.29, 0.717) is 0 Å². The lowest BCUT2D eigenvalue weighted by Crippen LogP contribution is -2.32. The Hall–Kier alpha value is -6.37. The molecule has 0 spiro atoms. The molecule has 0 bridgehead atoms. The van der Waals surface area contributed by atoms with Gasteiger partial charge in [-0.2, -0.15) is 0 Å². The van der Waals surface area contributed by atoms with Crippen LogP contribution in [0.5, 0.6) is 0 Å². The molecule has 6 heteroatoms. The SMILES string of the molecule is C1=C(N(c2ccccc2)c2ccc(C3=Nc4c(oc5ccccc45)C(c4ccccc4)N3)c3c2oc2ccccc23)CCc2sc3ccccc3c21. The predicted octanol–water partition coefficient (Wildman–Crippen LogP) is 12.4. The summed E-state index contributed by atoms with van der Waals surface area (Å²) in [5.74, 6) is 1.61. The fourth-order valence-corrected chi connectivity index (χ4v) is 9.25. The third-order valence-electron chi connectivity index (χ3n) is 10.4. The maximum atomic E-state index is 6.90. The van der Waals surface area contributed by atoms with Gasteiger partial charge in [0, 0.05) is 48.1 Å². The summed E-state index contributed by atoms with van der Waals surface area (Å²) in [7, 11) is 0. The average molecular weight is 690 g/mol. The molecule has 2 aliphatic rings. The van der Waals surface area contributed by atoms with E-state index in [9.17, 15) is 0 Å². The van der Waals surface area contributed by atoms with Crippen molar-refractivity contribution in [2.24, 2.45) is 4.99 Å². The van der Waals surface area contributed by atoms with E-state index in [1.165, 1.54) is 26.2 Å². The van der Waals surface area contributed by atoms with Gasteiger partial charge in [0.2, 0.25) is 0 Å². The third-order valence-corrected chi connectivity index (χ3v) is 11.7. The molecule has 3 aromatic heterocycles. The highest BCUT2D eigenvalue weighted by atomic mass is 32.1. The molecule has 1 aliphatic carbocycles. The monoisotopic (exact) mass is 689 g/mol. The summed E-state index contributed by atoms with van der Waals surface area (Å²) in [6.07, 6.45) is 4.31. The Morgan fingerprint density at radius 3 is 2.17 bits per heavy atom. The van der Waals surface area contributed by atoms with Gasteiger partial charge in [0.05, 0.1) is 5.69 Å². The topological polar surface area (TPSA) is 53.9 Å². The molecule has 0 radical (unpaired) electrons. The molecule has 0 fully saturated rings. The highest BCUT2D eigenvalue weighted by Crippen LogP contribution is 2.47. The van der Waals surface area contributed by atoms with Gasteiger partial charge in [-0.15, -0.1) is 11.3 Å². The number of nitrogens with zero attached hydrogens (tertiary/aromatic N) is 2. The largest absolute Gasteiger partial charge is 0.456 e. The second-order valence-electron chi connectivity index (χ2n) is 13.4. The van der Waals surface area contributed by atoms with Gasteiger partial charge in [0.1, 0.15) is 28.7 Å². The van der Waals surface area contributed by atoms with Gasteiger partial charge >= 0.3 is 0 Å². The Bertz CT molecular complexity index is 2900. The van der Waals surface area contributed by atoms with Crippen molar-refractivity contribution < 1.29 is 8.83 Å². The van der Waals surface area contributed by atoms with Crippen LogP contribution in [-0.2, 0) is 6.42 Å². The maximum absolute atomic E-state index is 6.90. The van der Waals surface area contributed by atoms with Crippen molar-refractivity contribution in [3.8, 4) is 0 Å². The standard InChI is InChI=1S/C46H31N3O2S/c1-3-13-28(14-4-1)42-45-43(33-19-8-11-21-38(33)51-45)48-46(47-42)34-24-25-36(44-41(34)32-18-7-10-20-37(32)50-44)49(29-15-5-2-6-16-29)30-23-26-40-35(27-30)31-17-9-12-22-39(31)52-40/h1-22,24-25,27,42H,23,26H2,(H,47,48). The van der Waals surface area contributed by atoms with Gasteiger partial charge in [-0.1, -0.05) is 97.1 Å². The third kappa shape index (κ3) is 4.51. The van der Waals surface area contributed by atoms with Crippen LogP contribution in [0.1, 0.15) is 39.8 Å². The van der Waals surface area contributed by atoms with Gasteiger partial charge in [0.25, 0.3) is 0 Å². The molecule has 1 unspecified atom stereocenters. The second-order valence-corrected chi connectivity index (χ2v) is 14.6. The van der Waals surface area contributed by atoms with Crippen LogP contribution in [-0.4, -0.2) is 5.84 Å². The summed E-state index contributed by atoms with van der Waals surface area (Å²) in [5, 5.41) is 8.21.